The third-order valence-corrected chi connectivity index (χ3v) is 4.24. The van der Waals surface area contributed by atoms with Crippen LogP contribution in [0, 0.1) is 6.92 Å². The van der Waals surface area contributed by atoms with Crippen LogP contribution in [0.5, 0.6) is 0 Å². The summed E-state index contributed by atoms with van der Waals surface area (Å²) in [6.07, 6.45) is 4.22. The fourth-order valence-corrected chi connectivity index (χ4v) is 3.13. The third-order valence-electron chi connectivity index (χ3n) is 4.24. The van der Waals surface area contributed by atoms with Crippen molar-refractivity contribution < 1.29 is 14.0 Å². The highest BCUT2D eigenvalue weighted by atomic mass is 16.7. The molecule has 1 spiro atoms. The van der Waals surface area contributed by atoms with Crippen LogP contribution in [0.1, 0.15) is 37.1 Å². The standard InChI is InChI=1S/C14H22N2O3/c1-11-9-13(19-15-11)10-16(2)12-3-5-14(6-4-12)17-7-8-18-14/h9,12H,3-8,10H2,1-2H3. The Morgan fingerprint density at radius 2 is 2.00 bits per heavy atom. The molecule has 1 aliphatic heterocycles. The Hall–Kier alpha value is -0.910. The zero-order chi connectivity index (χ0) is 13.3. The molecule has 1 saturated heterocycles. The van der Waals surface area contributed by atoms with Gasteiger partial charge in [-0.15, -0.1) is 0 Å². The predicted octanol–water partition coefficient (Wildman–Crippen LogP) is 2.10. The number of rotatable bonds is 3. The predicted molar refractivity (Wildman–Crippen MR) is 69.6 cm³/mol. The van der Waals surface area contributed by atoms with Gasteiger partial charge in [0.05, 0.1) is 25.5 Å². The molecule has 0 radical (unpaired) electrons. The molecule has 1 saturated carbocycles. The van der Waals surface area contributed by atoms with Crippen LogP contribution < -0.4 is 0 Å². The van der Waals surface area contributed by atoms with Gasteiger partial charge in [-0.3, -0.25) is 4.90 Å². The average molecular weight is 266 g/mol. The number of aromatic nitrogens is 1. The third kappa shape index (κ3) is 2.83. The number of nitrogens with zero attached hydrogens (tertiary/aromatic N) is 2. The minimum atomic E-state index is -0.264. The van der Waals surface area contributed by atoms with E-state index in [2.05, 4.69) is 17.1 Å². The molecule has 5 nitrogen and oxygen atoms in total. The van der Waals surface area contributed by atoms with Gasteiger partial charge < -0.3 is 14.0 Å². The van der Waals surface area contributed by atoms with Crippen LogP contribution in [0.15, 0.2) is 10.6 Å². The Balaban J connectivity index is 1.53. The van der Waals surface area contributed by atoms with Gasteiger partial charge in [0, 0.05) is 24.9 Å². The van der Waals surface area contributed by atoms with Gasteiger partial charge in [-0.25, -0.2) is 0 Å². The minimum Gasteiger partial charge on any atom is -0.360 e. The SMILES string of the molecule is Cc1cc(CN(C)C2CCC3(CC2)OCCO3)on1. The fraction of sp³-hybridized carbons (Fsp3) is 0.786. The summed E-state index contributed by atoms with van der Waals surface area (Å²) < 4.78 is 16.8. The molecule has 0 unspecified atom stereocenters. The zero-order valence-electron chi connectivity index (χ0n) is 11.7. The highest BCUT2D eigenvalue weighted by molar-refractivity contribution is 5.03. The first-order chi connectivity index (χ1) is 9.17. The summed E-state index contributed by atoms with van der Waals surface area (Å²) in [6, 6.07) is 2.58. The van der Waals surface area contributed by atoms with E-state index in [1.54, 1.807) is 0 Å². The molecule has 2 heterocycles. The Morgan fingerprint density at radius 1 is 1.32 bits per heavy atom. The van der Waals surface area contributed by atoms with Gasteiger partial charge in [0.2, 0.25) is 0 Å². The second-order valence-electron chi connectivity index (χ2n) is 5.69. The van der Waals surface area contributed by atoms with E-state index < -0.39 is 0 Å². The maximum absolute atomic E-state index is 5.76. The number of hydrogen-bond donors (Lipinski definition) is 0. The van der Waals surface area contributed by atoms with E-state index in [9.17, 15) is 0 Å². The molecule has 1 aromatic rings. The first-order valence-electron chi connectivity index (χ1n) is 7.07. The van der Waals surface area contributed by atoms with Crippen LogP contribution >= 0.6 is 0 Å². The van der Waals surface area contributed by atoms with E-state index >= 15 is 0 Å². The van der Waals surface area contributed by atoms with Gasteiger partial charge in [-0.05, 0) is 26.8 Å². The van der Waals surface area contributed by atoms with Crippen LogP contribution in [0.3, 0.4) is 0 Å². The molecule has 0 bridgehead atoms. The molecule has 3 rings (SSSR count). The highest BCUT2D eigenvalue weighted by Crippen LogP contribution is 2.37. The normalized spacial score (nSPS) is 23.5. The maximum Gasteiger partial charge on any atom is 0.168 e. The van der Waals surface area contributed by atoms with Gasteiger partial charge in [0.1, 0.15) is 0 Å². The van der Waals surface area contributed by atoms with Crippen molar-refractivity contribution in [1.29, 1.82) is 0 Å². The molecule has 19 heavy (non-hydrogen) atoms. The van der Waals surface area contributed by atoms with Crippen LogP contribution in [0.25, 0.3) is 0 Å². The molecule has 1 aliphatic carbocycles. The summed E-state index contributed by atoms with van der Waals surface area (Å²) >= 11 is 0. The summed E-state index contributed by atoms with van der Waals surface area (Å²) in [5.41, 5.74) is 0.943. The van der Waals surface area contributed by atoms with E-state index in [1.807, 2.05) is 13.0 Å². The van der Waals surface area contributed by atoms with E-state index in [0.717, 1.165) is 56.9 Å². The molecular weight excluding hydrogens is 244 g/mol. The molecule has 0 N–H and O–H groups in total. The van der Waals surface area contributed by atoms with Crippen molar-refractivity contribution in [3.05, 3.63) is 17.5 Å². The molecule has 2 fully saturated rings. The maximum atomic E-state index is 5.76. The first-order valence-corrected chi connectivity index (χ1v) is 7.07. The molecule has 0 aromatic carbocycles. The van der Waals surface area contributed by atoms with Gasteiger partial charge in [0.15, 0.2) is 11.5 Å². The average Bonchev–Trinajstić information content (AvgIpc) is 3.00. The van der Waals surface area contributed by atoms with Gasteiger partial charge >= 0.3 is 0 Å². The van der Waals surface area contributed by atoms with Crippen LogP contribution in [0.4, 0.5) is 0 Å². The number of ether oxygens (including phenoxy) is 2. The molecule has 5 heteroatoms. The molecular formula is C14H22N2O3. The summed E-state index contributed by atoms with van der Waals surface area (Å²) in [4.78, 5) is 2.35. The van der Waals surface area contributed by atoms with E-state index in [-0.39, 0.29) is 5.79 Å². The number of aryl methyl sites for hydroxylation is 1. The van der Waals surface area contributed by atoms with E-state index in [4.69, 9.17) is 14.0 Å². The summed E-state index contributed by atoms with van der Waals surface area (Å²) in [7, 11) is 2.15. The Kier molecular flexibility index (Phi) is 3.60. The van der Waals surface area contributed by atoms with Crippen LogP contribution in [0.2, 0.25) is 0 Å². The lowest BCUT2D eigenvalue weighted by Gasteiger charge is -2.38. The van der Waals surface area contributed by atoms with Crippen molar-refractivity contribution in [2.75, 3.05) is 20.3 Å². The minimum absolute atomic E-state index is 0.264. The van der Waals surface area contributed by atoms with Gasteiger partial charge in [-0.2, -0.15) is 0 Å². The van der Waals surface area contributed by atoms with Crippen molar-refractivity contribution >= 4 is 0 Å². The van der Waals surface area contributed by atoms with E-state index in [1.165, 1.54) is 0 Å². The van der Waals surface area contributed by atoms with Crippen molar-refractivity contribution in [1.82, 2.24) is 10.1 Å². The molecule has 2 aliphatic rings. The Bertz CT molecular complexity index is 416. The highest BCUT2D eigenvalue weighted by Gasteiger charge is 2.41. The largest absolute Gasteiger partial charge is 0.360 e. The smallest absolute Gasteiger partial charge is 0.168 e. The van der Waals surface area contributed by atoms with Crippen molar-refractivity contribution in [3.63, 3.8) is 0 Å². The lowest BCUT2D eigenvalue weighted by molar-refractivity contribution is -0.183. The quantitative estimate of drug-likeness (QED) is 0.838. The lowest BCUT2D eigenvalue weighted by atomic mass is 9.89. The first kappa shape index (κ1) is 13.1. The van der Waals surface area contributed by atoms with Gasteiger partial charge in [0.25, 0.3) is 0 Å². The second-order valence-corrected chi connectivity index (χ2v) is 5.69. The monoisotopic (exact) mass is 266 g/mol. The Morgan fingerprint density at radius 3 is 2.58 bits per heavy atom. The van der Waals surface area contributed by atoms with Crippen LogP contribution in [-0.4, -0.2) is 42.1 Å². The topological polar surface area (TPSA) is 47.7 Å². The molecule has 0 atom stereocenters. The number of hydrogen-bond acceptors (Lipinski definition) is 5. The van der Waals surface area contributed by atoms with Crippen molar-refractivity contribution in [2.45, 2.75) is 51.0 Å². The molecule has 0 amide bonds. The lowest BCUT2D eigenvalue weighted by Crippen LogP contribution is -2.42. The molecule has 106 valence electrons. The molecule has 1 aromatic heterocycles. The fourth-order valence-electron chi connectivity index (χ4n) is 3.13. The van der Waals surface area contributed by atoms with Gasteiger partial charge in [-0.1, -0.05) is 5.16 Å². The van der Waals surface area contributed by atoms with Crippen LogP contribution in [-0.2, 0) is 16.0 Å². The van der Waals surface area contributed by atoms with E-state index in [0.29, 0.717) is 6.04 Å². The Labute approximate surface area is 113 Å². The van der Waals surface area contributed by atoms with Crippen molar-refractivity contribution in [2.24, 2.45) is 0 Å². The summed E-state index contributed by atoms with van der Waals surface area (Å²) in [6.45, 7) is 4.27. The second kappa shape index (κ2) is 5.23. The zero-order valence-corrected chi connectivity index (χ0v) is 11.7. The van der Waals surface area contributed by atoms with Crippen molar-refractivity contribution in [3.8, 4) is 0 Å². The summed E-state index contributed by atoms with van der Waals surface area (Å²) in [5, 5.41) is 3.93. The summed E-state index contributed by atoms with van der Waals surface area (Å²) in [5.74, 6) is 0.675.